The number of carbonyl (C=O) groups is 1. The van der Waals surface area contributed by atoms with Gasteiger partial charge in [0.25, 0.3) is 0 Å². The first-order valence-electron chi connectivity index (χ1n) is 11.6. The van der Waals surface area contributed by atoms with Gasteiger partial charge in [-0.1, -0.05) is 6.92 Å². The molecule has 1 N–H and O–H groups in total. The second-order valence-corrected chi connectivity index (χ2v) is 9.96. The Bertz CT molecular complexity index is 881. The molecule has 32 heavy (non-hydrogen) atoms. The second kappa shape index (κ2) is 12.4. The van der Waals surface area contributed by atoms with Crippen molar-refractivity contribution in [3.63, 3.8) is 0 Å². The van der Waals surface area contributed by atoms with Crippen LogP contribution in [-0.2, 0) is 4.79 Å². The summed E-state index contributed by atoms with van der Waals surface area (Å²) in [6.45, 7) is 5.16. The molecule has 0 radical (unpaired) electrons. The molecule has 0 aliphatic carbocycles. The molecule has 0 bridgehead atoms. The maximum atomic E-state index is 15.4. The molecule has 1 saturated heterocycles. The molecule has 0 unspecified atom stereocenters. The van der Waals surface area contributed by atoms with E-state index >= 15 is 4.39 Å². The number of ether oxygens (including phenoxy) is 1. The summed E-state index contributed by atoms with van der Waals surface area (Å²) < 4.78 is 20.7. The maximum absolute atomic E-state index is 15.4. The van der Waals surface area contributed by atoms with Crippen LogP contribution in [0.15, 0.2) is 30.5 Å². The van der Waals surface area contributed by atoms with Crippen molar-refractivity contribution in [2.45, 2.75) is 45.2 Å². The highest BCUT2D eigenvalue weighted by Gasteiger charge is 2.30. The quantitative estimate of drug-likeness (QED) is 0.415. The van der Waals surface area contributed by atoms with Crippen LogP contribution in [0, 0.1) is 11.8 Å². The van der Waals surface area contributed by atoms with Crippen LogP contribution >= 0.6 is 11.8 Å². The molecule has 3 atom stereocenters. The summed E-state index contributed by atoms with van der Waals surface area (Å²) in [6, 6.07) is 7.32. The van der Waals surface area contributed by atoms with Crippen LogP contribution in [-0.4, -0.2) is 59.2 Å². The molecular formula is C25H35FN2O3S. The van der Waals surface area contributed by atoms with E-state index in [0.29, 0.717) is 36.0 Å². The van der Waals surface area contributed by atoms with Gasteiger partial charge in [0.05, 0.1) is 12.6 Å². The van der Waals surface area contributed by atoms with E-state index in [-0.39, 0.29) is 6.42 Å². The van der Waals surface area contributed by atoms with Gasteiger partial charge in [0.1, 0.15) is 11.9 Å². The van der Waals surface area contributed by atoms with Crippen LogP contribution in [0.4, 0.5) is 4.39 Å². The van der Waals surface area contributed by atoms with Gasteiger partial charge < -0.3 is 14.7 Å². The van der Waals surface area contributed by atoms with Gasteiger partial charge in [-0.3, -0.25) is 9.78 Å². The number of aliphatic carboxylic acids is 1. The van der Waals surface area contributed by atoms with Gasteiger partial charge in [-0.25, -0.2) is 4.39 Å². The number of pyridine rings is 1. The summed E-state index contributed by atoms with van der Waals surface area (Å²) in [5.74, 6) is 2.85. The van der Waals surface area contributed by atoms with E-state index in [4.69, 9.17) is 4.74 Å². The second-order valence-electron chi connectivity index (χ2n) is 8.57. The van der Waals surface area contributed by atoms with E-state index in [1.807, 2.05) is 30.0 Å². The zero-order valence-corrected chi connectivity index (χ0v) is 20.0. The number of carboxylic acid groups (broad SMARTS) is 1. The standard InChI is InChI=1S/C25H35FN2O3S/c1-3-32-15-14-28-13-11-18(19(17-28)5-9-25(29)30)4-7-23(26)21-10-12-27-24-8-6-20(31-2)16-22(21)24/h6,8,10,12,16,18-19,23H,3-5,7,9,11,13-15,17H2,1-2H3,(H,29,30)/t18-,19-,23-/m1/s1. The number of rotatable bonds is 12. The molecule has 1 aliphatic rings. The highest BCUT2D eigenvalue weighted by molar-refractivity contribution is 7.99. The Morgan fingerprint density at radius 1 is 1.34 bits per heavy atom. The van der Waals surface area contributed by atoms with Crippen molar-refractivity contribution < 1.29 is 19.0 Å². The molecule has 3 rings (SSSR count). The SMILES string of the molecule is CCSCCN1CC[C@@H](CC[C@@H](F)c2ccnc3ccc(OC)cc23)[C@H](CCC(=O)O)C1. The van der Waals surface area contributed by atoms with Gasteiger partial charge in [0.15, 0.2) is 0 Å². The third-order valence-electron chi connectivity index (χ3n) is 6.57. The fourth-order valence-electron chi connectivity index (χ4n) is 4.78. The number of likely N-dealkylation sites (tertiary alicyclic amines) is 1. The molecule has 2 aromatic rings. The number of benzene rings is 1. The van der Waals surface area contributed by atoms with Crippen LogP contribution in [0.2, 0.25) is 0 Å². The average Bonchev–Trinajstić information content (AvgIpc) is 2.81. The van der Waals surface area contributed by atoms with Gasteiger partial charge in [-0.2, -0.15) is 11.8 Å². The number of nitrogens with zero attached hydrogens (tertiary/aromatic N) is 2. The van der Waals surface area contributed by atoms with Gasteiger partial charge in [0.2, 0.25) is 0 Å². The van der Waals surface area contributed by atoms with Crippen LogP contribution < -0.4 is 4.74 Å². The summed E-state index contributed by atoms with van der Waals surface area (Å²) in [5.41, 5.74) is 1.42. The molecule has 0 saturated carbocycles. The minimum atomic E-state index is -1.08. The molecule has 7 heteroatoms. The Kier molecular flexibility index (Phi) is 9.60. The topological polar surface area (TPSA) is 62.7 Å². The molecule has 1 aromatic heterocycles. The number of carboxylic acids is 1. The Labute approximate surface area is 194 Å². The lowest BCUT2D eigenvalue weighted by molar-refractivity contribution is -0.137. The summed E-state index contributed by atoms with van der Waals surface area (Å²) in [5, 5.41) is 9.98. The lowest BCUT2D eigenvalue weighted by Gasteiger charge is -2.39. The lowest BCUT2D eigenvalue weighted by Crippen LogP contribution is -2.41. The number of thioether (sulfide) groups is 1. The van der Waals surface area contributed by atoms with Crippen molar-refractivity contribution in [3.05, 3.63) is 36.0 Å². The molecule has 0 amide bonds. The van der Waals surface area contributed by atoms with E-state index in [0.717, 1.165) is 54.9 Å². The summed E-state index contributed by atoms with van der Waals surface area (Å²) in [6.07, 6.45) is 3.67. The fraction of sp³-hybridized carbons (Fsp3) is 0.600. The maximum Gasteiger partial charge on any atom is 0.303 e. The predicted molar refractivity (Wildman–Crippen MR) is 129 cm³/mol. The van der Waals surface area contributed by atoms with E-state index in [9.17, 15) is 9.90 Å². The van der Waals surface area contributed by atoms with Gasteiger partial charge >= 0.3 is 5.97 Å². The number of halogens is 1. The fourth-order valence-corrected chi connectivity index (χ4v) is 5.45. The summed E-state index contributed by atoms with van der Waals surface area (Å²) in [7, 11) is 1.61. The first-order chi connectivity index (χ1) is 15.5. The minimum absolute atomic E-state index is 0.187. The number of hydrogen-bond donors (Lipinski definition) is 1. The van der Waals surface area contributed by atoms with Gasteiger partial charge in [0, 0.05) is 36.8 Å². The van der Waals surface area contributed by atoms with Gasteiger partial charge in [-0.15, -0.1) is 0 Å². The third kappa shape index (κ3) is 6.82. The average molecular weight is 463 g/mol. The van der Waals surface area contributed by atoms with Crippen molar-refractivity contribution in [1.82, 2.24) is 9.88 Å². The molecule has 176 valence electrons. The van der Waals surface area contributed by atoms with E-state index < -0.39 is 12.1 Å². The Hall–Kier alpha value is -1.86. The molecular weight excluding hydrogens is 427 g/mol. The molecule has 5 nitrogen and oxygen atoms in total. The van der Waals surface area contributed by atoms with E-state index in [2.05, 4.69) is 16.8 Å². The monoisotopic (exact) mass is 462 g/mol. The van der Waals surface area contributed by atoms with Crippen molar-refractivity contribution >= 4 is 28.6 Å². The number of aromatic nitrogens is 1. The van der Waals surface area contributed by atoms with Crippen molar-refractivity contribution in [1.29, 1.82) is 0 Å². The number of methoxy groups -OCH3 is 1. The minimum Gasteiger partial charge on any atom is -0.497 e. The van der Waals surface area contributed by atoms with Crippen molar-refractivity contribution in [3.8, 4) is 5.75 Å². The van der Waals surface area contributed by atoms with Crippen molar-refractivity contribution in [2.24, 2.45) is 11.8 Å². The molecule has 0 spiro atoms. The van der Waals surface area contributed by atoms with Crippen LogP contribution in [0.25, 0.3) is 10.9 Å². The zero-order valence-electron chi connectivity index (χ0n) is 19.1. The molecule has 1 aromatic carbocycles. The Morgan fingerprint density at radius 3 is 2.94 bits per heavy atom. The molecule has 1 fully saturated rings. The normalized spacial score (nSPS) is 20.3. The highest BCUT2D eigenvalue weighted by Crippen LogP contribution is 2.36. The molecule has 1 aliphatic heterocycles. The summed E-state index contributed by atoms with van der Waals surface area (Å²) >= 11 is 1.94. The number of fused-ring (bicyclic) bond motifs is 1. The largest absolute Gasteiger partial charge is 0.497 e. The highest BCUT2D eigenvalue weighted by atomic mass is 32.2. The first-order valence-corrected chi connectivity index (χ1v) is 12.8. The van der Waals surface area contributed by atoms with Crippen LogP contribution in [0.3, 0.4) is 0 Å². The Balaban J connectivity index is 1.64. The first kappa shape index (κ1) is 24.8. The predicted octanol–water partition coefficient (Wildman–Crippen LogP) is 5.59. The van der Waals surface area contributed by atoms with Gasteiger partial charge in [-0.05, 0) is 79.6 Å². The number of piperidine rings is 1. The zero-order chi connectivity index (χ0) is 22.9. The third-order valence-corrected chi connectivity index (χ3v) is 7.45. The van der Waals surface area contributed by atoms with Crippen LogP contribution in [0.1, 0.15) is 50.8 Å². The number of alkyl halides is 1. The Morgan fingerprint density at radius 2 is 2.19 bits per heavy atom. The summed E-state index contributed by atoms with van der Waals surface area (Å²) in [4.78, 5) is 18.0. The molecule has 2 heterocycles. The van der Waals surface area contributed by atoms with E-state index in [1.165, 1.54) is 0 Å². The van der Waals surface area contributed by atoms with Crippen molar-refractivity contribution in [2.75, 3.05) is 38.2 Å². The lowest BCUT2D eigenvalue weighted by atomic mass is 9.79. The smallest absolute Gasteiger partial charge is 0.303 e. The van der Waals surface area contributed by atoms with Crippen LogP contribution in [0.5, 0.6) is 5.75 Å². The number of hydrogen-bond acceptors (Lipinski definition) is 5. The van der Waals surface area contributed by atoms with E-state index in [1.54, 1.807) is 19.4 Å².